The molecule has 0 unspecified atom stereocenters. The summed E-state index contributed by atoms with van der Waals surface area (Å²) in [6.07, 6.45) is 0.439. The minimum atomic E-state index is -1.15. The lowest BCUT2D eigenvalue weighted by Crippen LogP contribution is -2.37. The van der Waals surface area contributed by atoms with Gasteiger partial charge in [0.05, 0.1) is 12.2 Å². The van der Waals surface area contributed by atoms with Crippen LogP contribution in [0, 0.1) is 0 Å². The van der Waals surface area contributed by atoms with Crippen LogP contribution in [0.4, 0.5) is 4.79 Å². The Bertz CT molecular complexity index is 496. The molecule has 9 nitrogen and oxygen atoms in total. The standard InChI is InChI=1S/C10H15N5O4/c1-3-6-8(9(17)18)13-14-15(6)5-4-7(16)12-10(19)11-2/h3-5H2,1-2H3,(H,17,18)(H2,11,12,16,19). The predicted octanol–water partition coefficient (Wildman–Crippen LogP) is -0.616. The fraction of sp³-hybridized carbons (Fsp3) is 0.500. The van der Waals surface area contributed by atoms with Crippen molar-refractivity contribution in [1.29, 1.82) is 0 Å². The van der Waals surface area contributed by atoms with Gasteiger partial charge in [0.1, 0.15) is 0 Å². The molecule has 0 bridgehead atoms. The number of rotatable bonds is 5. The fourth-order valence-electron chi connectivity index (χ4n) is 1.49. The lowest BCUT2D eigenvalue weighted by atomic mass is 10.2. The molecule has 3 N–H and O–H groups in total. The third-order valence-electron chi connectivity index (χ3n) is 2.41. The van der Waals surface area contributed by atoms with Crippen LogP contribution < -0.4 is 10.6 Å². The van der Waals surface area contributed by atoms with Gasteiger partial charge in [0, 0.05) is 13.5 Å². The van der Waals surface area contributed by atoms with Crippen molar-refractivity contribution in [3.05, 3.63) is 11.4 Å². The number of amides is 3. The number of hydrogen-bond donors (Lipinski definition) is 3. The van der Waals surface area contributed by atoms with Crippen LogP contribution in [0.1, 0.15) is 29.5 Å². The van der Waals surface area contributed by atoms with Crippen LogP contribution in [-0.2, 0) is 17.8 Å². The van der Waals surface area contributed by atoms with Gasteiger partial charge < -0.3 is 10.4 Å². The molecule has 1 rings (SSSR count). The molecule has 1 aromatic rings. The normalized spacial score (nSPS) is 10.0. The first-order valence-electron chi connectivity index (χ1n) is 5.66. The Morgan fingerprint density at radius 2 is 2.05 bits per heavy atom. The number of aromatic carboxylic acids is 1. The van der Waals surface area contributed by atoms with Crippen LogP contribution in [0.3, 0.4) is 0 Å². The Balaban J connectivity index is 2.65. The zero-order valence-corrected chi connectivity index (χ0v) is 10.6. The summed E-state index contributed by atoms with van der Waals surface area (Å²) in [5, 5.41) is 20.5. The van der Waals surface area contributed by atoms with Crippen LogP contribution >= 0.6 is 0 Å². The van der Waals surface area contributed by atoms with Gasteiger partial charge in [-0.15, -0.1) is 5.10 Å². The topological polar surface area (TPSA) is 126 Å². The molecule has 0 aliphatic heterocycles. The molecule has 0 radical (unpaired) electrons. The first kappa shape index (κ1) is 14.6. The van der Waals surface area contributed by atoms with E-state index in [-0.39, 0.29) is 18.7 Å². The summed E-state index contributed by atoms with van der Waals surface area (Å²) in [5.74, 6) is -1.63. The first-order valence-corrected chi connectivity index (χ1v) is 5.66. The number of carboxylic acid groups (broad SMARTS) is 1. The minimum absolute atomic E-state index is 0.00282. The van der Waals surface area contributed by atoms with Crippen molar-refractivity contribution in [3.63, 3.8) is 0 Å². The maximum atomic E-state index is 11.4. The average Bonchev–Trinajstić information content (AvgIpc) is 2.79. The predicted molar refractivity (Wildman–Crippen MR) is 63.6 cm³/mol. The number of aryl methyl sites for hydroxylation is 1. The van der Waals surface area contributed by atoms with Crippen LogP contribution in [0.5, 0.6) is 0 Å². The molecular formula is C10H15N5O4. The Hall–Kier alpha value is -2.45. The zero-order chi connectivity index (χ0) is 14.4. The summed E-state index contributed by atoms with van der Waals surface area (Å²) in [4.78, 5) is 33.1. The van der Waals surface area contributed by atoms with Crippen molar-refractivity contribution in [3.8, 4) is 0 Å². The highest BCUT2D eigenvalue weighted by Gasteiger charge is 2.17. The van der Waals surface area contributed by atoms with Gasteiger partial charge in [-0.05, 0) is 6.42 Å². The van der Waals surface area contributed by atoms with E-state index in [1.54, 1.807) is 6.92 Å². The maximum absolute atomic E-state index is 11.4. The van der Waals surface area contributed by atoms with Gasteiger partial charge in [-0.2, -0.15) is 0 Å². The van der Waals surface area contributed by atoms with Gasteiger partial charge in [-0.3, -0.25) is 10.1 Å². The van der Waals surface area contributed by atoms with Crippen molar-refractivity contribution in [2.45, 2.75) is 26.3 Å². The van der Waals surface area contributed by atoms with E-state index in [1.807, 2.05) is 0 Å². The minimum Gasteiger partial charge on any atom is -0.476 e. The molecule has 1 heterocycles. The molecule has 0 saturated heterocycles. The van der Waals surface area contributed by atoms with Crippen LogP contribution in [0.25, 0.3) is 0 Å². The Labute approximate surface area is 109 Å². The molecule has 0 aliphatic carbocycles. The van der Waals surface area contributed by atoms with Crippen molar-refractivity contribution in [2.24, 2.45) is 0 Å². The molecule has 0 atom stereocenters. The van der Waals surface area contributed by atoms with E-state index in [0.717, 1.165) is 0 Å². The summed E-state index contributed by atoms with van der Waals surface area (Å²) < 4.78 is 1.35. The third-order valence-corrected chi connectivity index (χ3v) is 2.41. The molecule has 104 valence electrons. The van der Waals surface area contributed by atoms with Crippen LogP contribution in [0.2, 0.25) is 0 Å². The Morgan fingerprint density at radius 3 is 2.58 bits per heavy atom. The van der Waals surface area contributed by atoms with Gasteiger partial charge in [0.25, 0.3) is 0 Å². The summed E-state index contributed by atoms with van der Waals surface area (Å²) in [5.41, 5.74) is 0.328. The summed E-state index contributed by atoms with van der Waals surface area (Å²) in [7, 11) is 1.40. The SMILES string of the molecule is CCc1c(C(=O)O)nnn1CCC(=O)NC(=O)NC. The van der Waals surface area contributed by atoms with E-state index in [9.17, 15) is 14.4 Å². The number of carbonyl (C=O) groups is 3. The van der Waals surface area contributed by atoms with E-state index in [1.165, 1.54) is 11.7 Å². The van der Waals surface area contributed by atoms with Crippen molar-refractivity contribution in [2.75, 3.05) is 7.05 Å². The highest BCUT2D eigenvalue weighted by Crippen LogP contribution is 2.07. The third kappa shape index (κ3) is 3.76. The first-order chi connectivity index (χ1) is 8.99. The smallest absolute Gasteiger partial charge is 0.358 e. The number of carbonyl (C=O) groups excluding carboxylic acids is 2. The van der Waals surface area contributed by atoms with E-state index in [4.69, 9.17) is 5.11 Å². The quantitative estimate of drug-likeness (QED) is 0.654. The van der Waals surface area contributed by atoms with E-state index < -0.39 is 17.9 Å². The van der Waals surface area contributed by atoms with Crippen LogP contribution in [0.15, 0.2) is 0 Å². The second-order valence-corrected chi connectivity index (χ2v) is 3.64. The molecular weight excluding hydrogens is 254 g/mol. The summed E-state index contributed by atoms with van der Waals surface area (Å²) >= 11 is 0. The lowest BCUT2D eigenvalue weighted by Gasteiger charge is -2.05. The number of urea groups is 1. The number of nitrogens with zero attached hydrogens (tertiary/aromatic N) is 3. The fourth-order valence-corrected chi connectivity index (χ4v) is 1.49. The Kier molecular flexibility index (Phi) is 4.98. The van der Waals surface area contributed by atoms with E-state index in [2.05, 4.69) is 20.9 Å². The largest absolute Gasteiger partial charge is 0.476 e. The van der Waals surface area contributed by atoms with Gasteiger partial charge in [0.15, 0.2) is 5.69 Å². The van der Waals surface area contributed by atoms with E-state index >= 15 is 0 Å². The lowest BCUT2D eigenvalue weighted by molar-refractivity contribution is -0.120. The molecule has 9 heteroatoms. The van der Waals surface area contributed by atoms with Gasteiger partial charge in [-0.1, -0.05) is 12.1 Å². The zero-order valence-electron chi connectivity index (χ0n) is 10.6. The monoisotopic (exact) mass is 269 g/mol. The molecule has 3 amide bonds. The molecule has 0 fully saturated rings. The highest BCUT2D eigenvalue weighted by atomic mass is 16.4. The Morgan fingerprint density at radius 1 is 1.37 bits per heavy atom. The second-order valence-electron chi connectivity index (χ2n) is 3.64. The van der Waals surface area contributed by atoms with Crippen molar-refractivity contribution < 1.29 is 19.5 Å². The molecule has 1 aromatic heterocycles. The van der Waals surface area contributed by atoms with Crippen molar-refractivity contribution >= 4 is 17.9 Å². The average molecular weight is 269 g/mol. The van der Waals surface area contributed by atoms with Gasteiger partial charge >= 0.3 is 12.0 Å². The van der Waals surface area contributed by atoms with Gasteiger partial charge in [0.2, 0.25) is 5.91 Å². The molecule has 0 saturated carbocycles. The van der Waals surface area contributed by atoms with Crippen molar-refractivity contribution in [1.82, 2.24) is 25.6 Å². The molecule has 0 spiro atoms. The summed E-state index contributed by atoms with van der Waals surface area (Å²) in [6.45, 7) is 1.93. The number of nitrogens with one attached hydrogen (secondary N) is 2. The molecule has 19 heavy (non-hydrogen) atoms. The number of carboxylic acids is 1. The summed E-state index contributed by atoms with van der Waals surface area (Å²) in [6, 6.07) is -0.592. The second kappa shape index (κ2) is 6.47. The van der Waals surface area contributed by atoms with Gasteiger partial charge in [-0.25, -0.2) is 14.3 Å². The number of aromatic nitrogens is 3. The number of imide groups is 1. The molecule has 0 aromatic carbocycles. The van der Waals surface area contributed by atoms with E-state index in [0.29, 0.717) is 12.1 Å². The molecule has 0 aliphatic rings. The maximum Gasteiger partial charge on any atom is 0.358 e. The number of hydrogen-bond acceptors (Lipinski definition) is 5. The highest BCUT2D eigenvalue weighted by molar-refractivity contribution is 5.94. The van der Waals surface area contributed by atoms with Crippen LogP contribution in [-0.4, -0.2) is 45.1 Å².